The van der Waals surface area contributed by atoms with Gasteiger partial charge in [0.2, 0.25) is 0 Å². The maximum Gasteiger partial charge on any atom is 0.310 e. The molecule has 3 nitrogen and oxygen atoms in total. The SMILES string of the molecule is CCC(=O)Oc1ccc(C=Nc2ccc(CC)cc2)cc1. The number of benzene rings is 2. The number of esters is 1. The Labute approximate surface area is 125 Å². The standard InChI is InChI=1S/C18H19NO2/c1-3-14-5-9-16(10-6-14)19-13-15-7-11-17(12-8-15)21-18(20)4-2/h5-13H,3-4H2,1-2H3. The Bertz CT molecular complexity index is 613. The molecule has 2 aromatic carbocycles. The molecule has 0 aromatic heterocycles. The molecule has 2 rings (SSSR count). The number of hydrogen-bond acceptors (Lipinski definition) is 3. The molecule has 0 saturated heterocycles. The van der Waals surface area contributed by atoms with Crippen molar-refractivity contribution in [2.45, 2.75) is 26.7 Å². The highest BCUT2D eigenvalue weighted by Crippen LogP contribution is 2.15. The highest BCUT2D eigenvalue weighted by Gasteiger charge is 2.00. The molecule has 0 bridgehead atoms. The second kappa shape index (κ2) is 7.39. The Morgan fingerprint density at radius 2 is 1.71 bits per heavy atom. The first-order valence-corrected chi connectivity index (χ1v) is 7.15. The third-order valence-corrected chi connectivity index (χ3v) is 3.11. The van der Waals surface area contributed by atoms with Crippen LogP contribution in [-0.4, -0.2) is 12.2 Å². The third kappa shape index (κ3) is 4.56. The number of aliphatic imine (C=N–C) groups is 1. The van der Waals surface area contributed by atoms with Gasteiger partial charge in [0.25, 0.3) is 0 Å². The summed E-state index contributed by atoms with van der Waals surface area (Å²) in [6.07, 6.45) is 3.20. The second-order valence-electron chi connectivity index (χ2n) is 4.67. The fourth-order valence-corrected chi connectivity index (χ4v) is 1.79. The van der Waals surface area contributed by atoms with Crippen molar-refractivity contribution < 1.29 is 9.53 Å². The Balaban J connectivity index is 2.01. The van der Waals surface area contributed by atoms with Gasteiger partial charge in [0, 0.05) is 12.6 Å². The molecule has 0 radical (unpaired) electrons. The summed E-state index contributed by atoms with van der Waals surface area (Å²) in [5, 5.41) is 0. The number of aryl methyl sites for hydroxylation is 1. The van der Waals surface area contributed by atoms with E-state index in [4.69, 9.17) is 4.74 Å². The lowest BCUT2D eigenvalue weighted by Gasteiger charge is -2.02. The second-order valence-corrected chi connectivity index (χ2v) is 4.67. The van der Waals surface area contributed by atoms with Crippen LogP contribution in [0, 0.1) is 0 Å². The van der Waals surface area contributed by atoms with Crippen molar-refractivity contribution in [1.29, 1.82) is 0 Å². The summed E-state index contributed by atoms with van der Waals surface area (Å²) in [5.74, 6) is 0.332. The summed E-state index contributed by atoms with van der Waals surface area (Å²) >= 11 is 0. The Hall–Kier alpha value is -2.42. The van der Waals surface area contributed by atoms with Crippen molar-refractivity contribution in [3.05, 3.63) is 59.7 Å². The predicted molar refractivity (Wildman–Crippen MR) is 85.4 cm³/mol. The van der Waals surface area contributed by atoms with Crippen molar-refractivity contribution in [2.75, 3.05) is 0 Å². The van der Waals surface area contributed by atoms with Crippen molar-refractivity contribution in [2.24, 2.45) is 4.99 Å². The van der Waals surface area contributed by atoms with E-state index >= 15 is 0 Å². The molecule has 0 spiro atoms. The first-order valence-electron chi connectivity index (χ1n) is 7.15. The van der Waals surface area contributed by atoms with Crippen LogP contribution in [0.15, 0.2) is 53.5 Å². The van der Waals surface area contributed by atoms with Gasteiger partial charge in [-0.2, -0.15) is 0 Å². The van der Waals surface area contributed by atoms with Crippen LogP contribution in [0.25, 0.3) is 0 Å². The third-order valence-electron chi connectivity index (χ3n) is 3.11. The molecule has 0 atom stereocenters. The quantitative estimate of drug-likeness (QED) is 0.465. The van der Waals surface area contributed by atoms with Gasteiger partial charge in [0.1, 0.15) is 5.75 Å². The number of hydrogen-bond donors (Lipinski definition) is 0. The molecule has 0 saturated carbocycles. The molecule has 0 heterocycles. The summed E-state index contributed by atoms with van der Waals surface area (Å²) in [4.78, 5) is 15.6. The van der Waals surface area contributed by atoms with Gasteiger partial charge in [-0.3, -0.25) is 9.79 Å². The maximum atomic E-state index is 11.2. The molecule has 0 N–H and O–H groups in total. The van der Waals surface area contributed by atoms with E-state index in [1.54, 1.807) is 25.3 Å². The number of carbonyl (C=O) groups is 1. The van der Waals surface area contributed by atoms with Gasteiger partial charge >= 0.3 is 5.97 Å². The minimum Gasteiger partial charge on any atom is -0.427 e. The van der Waals surface area contributed by atoms with E-state index in [2.05, 4.69) is 24.0 Å². The van der Waals surface area contributed by atoms with Gasteiger partial charge in [-0.1, -0.05) is 26.0 Å². The lowest BCUT2D eigenvalue weighted by molar-refractivity contribution is -0.134. The zero-order valence-corrected chi connectivity index (χ0v) is 12.4. The van der Waals surface area contributed by atoms with E-state index < -0.39 is 0 Å². The van der Waals surface area contributed by atoms with E-state index in [0.717, 1.165) is 17.7 Å². The number of rotatable bonds is 5. The van der Waals surface area contributed by atoms with Crippen LogP contribution < -0.4 is 4.74 Å². The Kier molecular flexibility index (Phi) is 5.27. The van der Waals surface area contributed by atoms with Crippen LogP contribution in [0.2, 0.25) is 0 Å². The van der Waals surface area contributed by atoms with Gasteiger partial charge in [-0.15, -0.1) is 0 Å². The predicted octanol–water partition coefficient (Wildman–Crippen LogP) is 4.32. The van der Waals surface area contributed by atoms with E-state index in [0.29, 0.717) is 12.2 Å². The van der Waals surface area contributed by atoms with Crippen molar-refractivity contribution in [3.8, 4) is 5.75 Å². The average Bonchev–Trinajstić information content (AvgIpc) is 2.54. The summed E-state index contributed by atoms with van der Waals surface area (Å²) in [6.45, 7) is 3.90. The van der Waals surface area contributed by atoms with Crippen LogP contribution in [0.1, 0.15) is 31.4 Å². The van der Waals surface area contributed by atoms with Crippen LogP contribution in [-0.2, 0) is 11.2 Å². The fourth-order valence-electron chi connectivity index (χ4n) is 1.79. The zero-order chi connectivity index (χ0) is 15.1. The summed E-state index contributed by atoms with van der Waals surface area (Å²) in [7, 11) is 0. The average molecular weight is 281 g/mol. The molecule has 0 aliphatic heterocycles. The van der Waals surface area contributed by atoms with Gasteiger partial charge in [0.05, 0.1) is 5.69 Å². The van der Waals surface area contributed by atoms with Gasteiger partial charge in [-0.25, -0.2) is 0 Å². The van der Waals surface area contributed by atoms with E-state index in [-0.39, 0.29) is 5.97 Å². The molecule has 21 heavy (non-hydrogen) atoms. The lowest BCUT2D eigenvalue weighted by Crippen LogP contribution is -2.05. The lowest BCUT2D eigenvalue weighted by atomic mass is 10.1. The molecule has 0 fully saturated rings. The Morgan fingerprint density at radius 1 is 1.05 bits per heavy atom. The first-order chi connectivity index (χ1) is 10.2. The van der Waals surface area contributed by atoms with Gasteiger partial charge < -0.3 is 4.74 Å². The van der Waals surface area contributed by atoms with Crippen LogP contribution in [0.3, 0.4) is 0 Å². The molecule has 0 unspecified atom stereocenters. The summed E-state index contributed by atoms with van der Waals surface area (Å²) in [5.41, 5.74) is 3.19. The van der Waals surface area contributed by atoms with Crippen molar-refractivity contribution >= 4 is 17.9 Å². The van der Waals surface area contributed by atoms with E-state index in [1.807, 2.05) is 24.3 Å². The van der Waals surface area contributed by atoms with Crippen LogP contribution in [0.4, 0.5) is 5.69 Å². The van der Waals surface area contributed by atoms with E-state index in [9.17, 15) is 4.79 Å². The minimum atomic E-state index is -0.229. The molecular formula is C18H19NO2. The van der Waals surface area contributed by atoms with Gasteiger partial charge in [0.15, 0.2) is 0 Å². The molecule has 108 valence electrons. The molecule has 0 amide bonds. The summed E-state index contributed by atoms with van der Waals surface area (Å²) < 4.78 is 5.12. The number of ether oxygens (including phenoxy) is 1. The molecule has 0 aliphatic carbocycles. The number of carbonyl (C=O) groups excluding carboxylic acids is 1. The molecular weight excluding hydrogens is 262 g/mol. The maximum absolute atomic E-state index is 11.2. The zero-order valence-electron chi connectivity index (χ0n) is 12.4. The molecule has 3 heteroatoms. The highest BCUT2D eigenvalue weighted by atomic mass is 16.5. The molecule has 0 aliphatic rings. The molecule has 2 aromatic rings. The first kappa shape index (κ1) is 15.0. The van der Waals surface area contributed by atoms with E-state index in [1.165, 1.54) is 5.56 Å². The normalized spacial score (nSPS) is 10.8. The van der Waals surface area contributed by atoms with Crippen molar-refractivity contribution in [1.82, 2.24) is 0 Å². The largest absolute Gasteiger partial charge is 0.427 e. The monoisotopic (exact) mass is 281 g/mol. The number of nitrogens with zero attached hydrogens (tertiary/aromatic N) is 1. The smallest absolute Gasteiger partial charge is 0.310 e. The summed E-state index contributed by atoms with van der Waals surface area (Å²) in [6, 6.07) is 15.5. The Morgan fingerprint density at radius 3 is 2.29 bits per heavy atom. The highest BCUT2D eigenvalue weighted by molar-refractivity contribution is 5.82. The fraction of sp³-hybridized carbons (Fsp3) is 0.222. The topological polar surface area (TPSA) is 38.7 Å². The van der Waals surface area contributed by atoms with Crippen LogP contribution >= 0.6 is 0 Å². The van der Waals surface area contributed by atoms with Crippen molar-refractivity contribution in [3.63, 3.8) is 0 Å². The van der Waals surface area contributed by atoms with Gasteiger partial charge in [-0.05, 0) is 53.9 Å². The van der Waals surface area contributed by atoms with Crippen LogP contribution in [0.5, 0.6) is 5.75 Å². The minimum absolute atomic E-state index is 0.229.